The van der Waals surface area contributed by atoms with E-state index < -0.39 is 0 Å². The van der Waals surface area contributed by atoms with Gasteiger partial charge in [-0.1, -0.05) is 12.1 Å². The second-order valence-electron chi connectivity index (χ2n) is 6.48. The fourth-order valence-electron chi connectivity index (χ4n) is 2.97. The van der Waals surface area contributed by atoms with Crippen LogP contribution in [0.5, 0.6) is 11.5 Å². The molecule has 1 heterocycles. The number of amides is 1. The summed E-state index contributed by atoms with van der Waals surface area (Å²) in [5.41, 5.74) is 1.20. The first-order valence-corrected chi connectivity index (χ1v) is 8.61. The summed E-state index contributed by atoms with van der Waals surface area (Å²) < 4.78 is 12.1. The summed E-state index contributed by atoms with van der Waals surface area (Å²) in [7, 11) is 1.63. The van der Waals surface area contributed by atoms with Gasteiger partial charge in [-0.2, -0.15) is 0 Å². The molecule has 126 valence electrons. The number of methoxy groups -OCH3 is 1. The van der Waals surface area contributed by atoms with E-state index in [1.807, 2.05) is 50.2 Å². The number of halogens is 1. The monoisotopic (exact) mass is 389 g/mol. The molecule has 0 fully saturated rings. The van der Waals surface area contributed by atoms with Crippen LogP contribution in [0.25, 0.3) is 0 Å². The predicted molar refractivity (Wildman–Crippen MR) is 96.7 cm³/mol. The maximum Gasteiger partial charge on any atom is 0.252 e. The highest BCUT2D eigenvalue weighted by Gasteiger charge is 2.35. The second kappa shape index (κ2) is 6.48. The highest BCUT2D eigenvalue weighted by Crippen LogP contribution is 2.41. The van der Waals surface area contributed by atoms with Gasteiger partial charge in [0, 0.05) is 16.5 Å². The lowest BCUT2D eigenvalue weighted by Crippen LogP contribution is -2.41. The van der Waals surface area contributed by atoms with E-state index in [2.05, 4.69) is 21.2 Å². The fraction of sp³-hybridized carbons (Fsp3) is 0.316. The molecule has 0 saturated heterocycles. The molecule has 0 spiro atoms. The lowest BCUT2D eigenvalue weighted by Gasteiger charge is -2.38. The van der Waals surface area contributed by atoms with Crippen molar-refractivity contribution in [3.63, 3.8) is 0 Å². The molecule has 0 saturated carbocycles. The van der Waals surface area contributed by atoms with Gasteiger partial charge in [-0.25, -0.2) is 0 Å². The first kappa shape index (κ1) is 16.8. The minimum Gasteiger partial charge on any atom is -0.497 e. The number of carbonyl (C=O) groups is 1. The number of hydrogen-bond donors (Lipinski definition) is 1. The van der Waals surface area contributed by atoms with Crippen molar-refractivity contribution in [1.82, 2.24) is 5.32 Å². The molecule has 2 aromatic carbocycles. The Morgan fingerprint density at radius 1 is 1.29 bits per heavy atom. The second-order valence-corrected chi connectivity index (χ2v) is 7.33. The van der Waals surface area contributed by atoms with E-state index in [0.717, 1.165) is 21.5 Å². The van der Waals surface area contributed by atoms with Gasteiger partial charge in [-0.15, -0.1) is 0 Å². The molecule has 24 heavy (non-hydrogen) atoms. The molecule has 0 aromatic heterocycles. The molecule has 0 aliphatic carbocycles. The number of ether oxygens (including phenoxy) is 2. The zero-order valence-corrected chi connectivity index (χ0v) is 15.5. The maximum atomic E-state index is 12.7. The van der Waals surface area contributed by atoms with Crippen LogP contribution < -0.4 is 14.8 Å². The zero-order valence-electron chi connectivity index (χ0n) is 13.9. The van der Waals surface area contributed by atoms with E-state index >= 15 is 0 Å². The van der Waals surface area contributed by atoms with Crippen LogP contribution in [0.3, 0.4) is 0 Å². The Morgan fingerprint density at radius 2 is 2.04 bits per heavy atom. The Morgan fingerprint density at radius 3 is 2.75 bits per heavy atom. The summed E-state index contributed by atoms with van der Waals surface area (Å²) in [6.45, 7) is 4.05. The lowest BCUT2D eigenvalue weighted by atomic mass is 9.89. The van der Waals surface area contributed by atoms with Crippen molar-refractivity contribution < 1.29 is 14.3 Å². The van der Waals surface area contributed by atoms with Gasteiger partial charge in [0.15, 0.2) is 0 Å². The van der Waals surface area contributed by atoms with E-state index in [-0.39, 0.29) is 17.6 Å². The largest absolute Gasteiger partial charge is 0.497 e. The highest BCUT2D eigenvalue weighted by molar-refractivity contribution is 9.10. The SMILES string of the molecule is COc1ccc2c(c1)[C@@H](NC(=O)c1ccccc1Br)CC(C)(C)O2. The third-order valence-corrected chi connectivity index (χ3v) is 4.79. The Bertz CT molecular complexity index is 773. The van der Waals surface area contributed by atoms with Gasteiger partial charge in [-0.05, 0) is 60.1 Å². The Balaban J connectivity index is 1.93. The predicted octanol–water partition coefficient (Wildman–Crippen LogP) is 4.49. The number of carbonyl (C=O) groups excluding carboxylic acids is 1. The maximum absolute atomic E-state index is 12.7. The number of benzene rings is 2. The van der Waals surface area contributed by atoms with Crippen LogP contribution >= 0.6 is 15.9 Å². The van der Waals surface area contributed by atoms with Crippen LogP contribution in [-0.4, -0.2) is 18.6 Å². The summed E-state index contributed by atoms with van der Waals surface area (Å²) >= 11 is 3.43. The molecule has 1 aliphatic rings. The molecule has 0 radical (unpaired) electrons. The van der Waals surface area contributed by atoms with Gasteiger partial charge in [0.05, 0.1) is 18.7 Å². The first-order valence-electron chi connectivity index (χ1n) is 7.82. The van der Waals surface area contributed by atoms with Crippen LogP contribution in [0.15, 0.2) is 46.9 Å². The van der Waals surface area contributed by atoms with Crippen LogP contribution in [0, 0.1) is 0 Å². The van der Waals surface area contributed by atoms with Gasteiger partial charge in [0.1, 0.15) is 17.1 Å². The van der Waals surface area contributed by atoms with Crippen molar-refractivity contribution >= 4 is 21.8 Å². The molecule has 5 heteroatoms. The molecule has 0 bridgehead atoms. The third-order valence-electron chi connectivity index (χ3n) is 4.10. The Kier molecular flexibility index (Phi) is 4.54. The van der Waals surface area contributed by atoms with Crippen LogP contribution in [0.2, 0.25) is 0 Å². The first-order chi connectivity index (χ1) is 11.4. The molecular formula is C19H20BrNO3. The summed E-state index contributed by atoms with van der Waals surface area (Å²) in [6, 6.07) is 13.0. The van der Waals surface area contributed by atoms with Crippen molar-refractivity contribution in [3.8, 4) is 11.5 Å². The van der Waals surface area contributed by atoms with Gasteiger partial charge < -0.3 is 14.8 Å². The fourth-order valence-corrected chi connectivity index (χ4v) is 3.43. The van der Waals surface area contributed by atoms with E-state index in [0.29, 0.717) is 12.0 Å². The van der Waals surface area contributed by atoms with E-state index in [4.69, 9.17) is 9.47 Å². The number of fused-ring (bicyclic) bond motifs is 1. The number of rotatable bonds is 3. The quantitative estimate of drug-likeness (QED) is 0.840. The average molecular weight is 390 g/mol. The molecule has 0 unspecified atom stereocenters. The molecule has 1 N–H and O–H groups in total. The standard InChI is InChI=1S/C19H20BrNO3/c1-19(2)11-16(14-10-12(23-3)8-9-17(14)24-19)21-18(22)13-6-4-5-7-15(13)20/h4-10,16H,11H2,1-3H3,(H,21,22)/t16-/m0/s1. The molecule has 1 atom stereocenters. The van der Waals surface area contributed by atoms with E-state index in [1.54, 1.807) is 13.2 Å². The van der Waals surface area contributed by atoms with Crippen molar-refractivity contribution in [2.45, 2.75) is 31.9 Å². The Labute approximate surface area is 150 Å². The van der Waals surface area contributed by atoms with Crippen molar-refractivity contribution in [3.05, 3.63) is 58.1 Å². The molecular weight excluding hydrogens is 370 g/mol. The zero-order chi connectivity index (χ0) is 17.3. The highest BCUT2D eigenvalue weighted by atomic mass is 79.9. The summed E-state index contributed by atoms with van der Waals surface area (Å²) in [5, 5.41) is 3.13. The molecule has 2 aromatic rings. The lowest BCUT2D eigenvalue weighted by molar-refractivity contribution is 0.0618. The minimum absolute atomic E-state index is 0.112. The summed E-state index contributed by atoms with van der Waals surface area (Å²) in [4.78, 5) is 12.7. The molecule has 4 nitrogen and oxygen atoms in total. The van der Waals surface area contributed by atoms with Gasteiger partial charge in [-0.3, -0.25) is 4.79 Å². The van der Waals surface area contributed by atoms with E-state index in [9.17, 15) is 4.79 Å². The number of nitrogens with one attached hydrogen (secondary N) is 1. The smallest absolute Gasteiger partial charge is 0.252 e. The van der Waals surface area contributed by atoms with Crippen molar-refractivity contribution in [2.24, 2.45) is 0 Å². The Hall–Kier alpha value is -2.01. The van der Waals surface area contributed by atoms with E-state index in [1.165, 1.54) is 0 Å². The summed E-state index contributed by atoms with van der Waals surface area (Å²) in [5.74, 6) is 1.42. The van der Waals surface area contributed by atoms with Gasteiger partial charge >= 0.3 is 0 Å². The molecule has 1 aliphatic heterocycles. The van der Waals surface area contributed by atoms with Crippen molar-refractivity contribution in [2.75, 3.05) is 7.11 Å². The van der Waals surface area contributed by atoms with Crippen LogP contribution in [-0.2, 0) is 0 Å². The normalized spacial score (nSPS) is 18.2. The average Bonchev–Trinajstić information content (AvgIpc) is 2.54. The van der Waals surface area contributed by atoms with Gasteiger partial charge in [0.2, 0.25) is 0 Å². The molecule has 1 amide bonds. The van der Waals surface area contributed by atoms with Crippen LogP contribution in [0.4, 0.5) is 0 Å². The third kappa shape index (κ3) is 3.41. The minimum atomic E-state index is -0.354. The van der Waals surface area contributed by atoms with Gasteiger partial charge in [0.25, 0.3) is 5.91 Å². The molecule has 3 rings (SSSR count). The number of hydrogen-bond acceptors (Lipinski definition) is 3. The topological polar surface area (TPSA) is 47.6 Å². The van der Waals surface area contributed by atoms with Crippen LogP contribution in [0.1, 0.15) is 42.2 Å². The summed E-state index contributed by atoms with van der Waals surface area (Å²) in [6.07, 6.45) is 0.684. The van der Waals surface area contributed by atoms with Crippen molar-refractivity contribution in [1.29, 1.82) is 0 Å².